The molecule has 0 atom stereocenters. The Morgan fingerprint density at radius 2 is 0.842 bits per heavy atom. The highest BCUT2D eigenvalue weighted by Crippen LogP contribution is 2.60. The van der Waals surface area contributed by atoms with E-state index in [-0.39, 0.29) is 5.78 Å². The van der Waals surface area contributed by atoms with Crippen LogP contribution in [-0.4, -0.2) is 5.78 Å². The summed E-state index contributed by atoms with van der Waals surface area (Å²) in [5.41, 5.74) is 15.5. The van der Waals surface area contributed by atoms with Crippen molar-refractivity contribution < 1.29 is 4.79 Å². The topological polar surface area (TPSA) is 17.1 Å². The Bertz CT molecular complexity index is 1970. The lowest BCUT2D eigenvalue weighted by molar-refractivity contribution is 0.104. The molecule has 38 heavy (non-hydrogen) atoms. The quantitative estimate of drug-likeness (QED) is 0.239. The van der Waals surface area contributed by atoms with Gasteiger partial charge in [0, 0.05) is 22.3 Å². The summed E-state index contributed by atoms with van der Waals surface area (Å²) in [4.78, 5) is 14.3. The first-order valence-electron chi connectivity index (χ1n) is 13.2. The maximum atomic E-state index is 14.3. The lowest BCUT2D eigenvalue weighted by Crippen LogP contribution is -2.02. The molecule has 0 bridgehead atoms. The molecule has 1 nitrogen and oxygen atoms in total. The van der Waals surface area contributed by atoms with Crippen molar-refractivity contribution >= 4 is 16.6 Å². The average molecular weight is 485 g/mol. The summed E-state index contributed by atoms with van der Waals surface area (Å²) < 4.78 is 0. The zero-order valence-electron chi connectivity index (χ0n) is 21.3. The Morgan fingerprint density at radius 3 is 1.39 bits per heavy atom. The summed E-state index contributed by atoms with van der Waals surface area (Å²) in [7, 11) is 0. The van der Waals surface area contributed by atoms with Crippen molar-refractivity contribution in [3.8, 4) is 55.6 Å². The number of hydrogen-bond acceptors (Lipinski definition) is 1. The molecule has 0 amide bonds. The van der Waals surface area contributed by atoms with Crippen LogP contribution in [0.15, 0.2) is 109 Å². The number of carbonyl (C=O) groups excluding carboxylic acids is 1. The minimum Gasteiger partial charge on any atom is -0.289 e. The third-order valence-corrected chi connectivity index (χ3v) is 8.29. The van der Waals surface area contributed by atoms with Crippen LogP contribution in [0.2, 0.25) is 0 Å². The van der Waals surface area contributed by atoms with E-state index in [1.54, 1.807) is 0 Å². The molecule has 178 valence electrons. The third kappa shape index (κ3) is 2.74. The Labute approximate surface area is 222 Å². The van der Waals surface area contributed by atoms with Crippen LogP contribution in [0.3, 0.4) is 0 Å². The molecule has 0 spiro atoms. The normalized spacial score (nSPS) is 12.5. The molecule has 0 saturated heterocycles. The van der Waals surface area contributed by atoms with E-state index in [4.69, 9.17) is 0 Å². The monoisotopic (exact) mass is 484 g/mol. The van der Waals surface area contributed by atoms with Crippen molar-refractivity contribution in [2.24, 2.45) is 0 Å². The summed E-state index contributed by atoms with van der Waals surface area (Å²) in [6.07, 6.45) is 0. The van der Waals surface area contributed by atoms with E-state index < -0.39 is 0 Å². The van der Waals surface area contributed by atoms with Crippen LogP contribution >= 0.6 is 0 Å². The third-order valence-electron chi connectivity index (χ3n) is 8.29. The molecular weight excluding hydrogens is 460 g/mol. The number of benzene rings is 6. The second-order valence-corrected chi connectivity index (χ2v) is 10.6. The zero-order valence-corrected chi connectivity index (χ0v) is 21.3. The van der Waals surface area contributed by atoms with Gasteiger partial charge in [0.2, 0.25) is 0 Å². The average Bonchev–Trinajstić information content (AvgIpc) is 3.43. The number of ketones is 1. The van der Waals surface area contributed by atoms with E-state index in [9.17, 15) is 4.79 Å². The summed E-state index contributed by atoms with van der Waals surface area (Å²) in [5.74, 6) is 0.116. The first-order valence-corrected chi connectivity index (χ1v) is 13.2. The molecule has 2 aliphatic rings. The second-order valence-electron chi connectivity index (χ2n) is 10.6. The van der Waals surface area contributed by atoms with E-state index in [1.165, 1.54) is 44.2 Å². The van der Waals surface area contributed by atoms with Gasteiger partial charge in [-0.15, -0.1) is 0 Å². The minimum absolute atomic E-state index is 0.116. The predicted molar refractivity (Wildman–Crippen MR) is 158 cm³/mol. The maximum absolute atomic E-state index is 14.3. The Balaban J connectivity index is 1.64. The molecule has 2 aliphatic carbocycles. The van der Waals surface area contributed by atoms with Crippen LogP contribution in [0.1, 0.15) is 27.0 Å². The lowest BCUT2D eigenvalue weighted by atomic mass is 9.80. The summed E-state index contributed by atoms with van der Waals surface area (Å²) in [6, 6.07) is 38.7. The van der Waals surface area contributed by atoms with Crippen molar-refractivity contribution in [2.45, 2.75) is 13.8 Å². The van der Waals surface area contributed by atoms with Crippen molar-refractivity contribution in [1.29, 1.82) is 0 Å². The van der Waals surface area contributed by atoms with E-state index in [1.807, 2.05) is 18.2 Å². The van der Waals surface area contributed by atoms with Crippen molar-refractivity contribution in [1.82, 2.24) is 0 Å². The Morgan fingerprint density at radius 1 is 0.395 bits per heavy atom. The van der Waals surface area contributed by atoms with Crippen LogP contribution in [0.25, 0.3) is 66.4 Å². The maximum Gasteiger partial charge on any atom is 0.194 e. The van der Waals surface area contributed by atoms with Gasteiger partial charge < -0.3 is 0 Å². The molecule has 0 radical (unpaired) electrons. The standard InChI is InChI=1S/C37H24O/c1-21-13-17-24(18-14-21)31-33-26-9-3-4-10-27(26)37(38)36(33)32(25-19-15-22(2)16-20-25)35-29-12-6-8-23-7-5-11-28(30(23)29)34(31)35/h3-20H,1-2H3. The molecule has 0 fully saturated rings. The summed E-state index contributed by atoms with van der Waals surface area (Å²) in [5, 5.41) is 2.50. The van der Waals surface area contributed by atoms with Crippen molar-refractivity contribution in [2.75, 3.05) is 0 Å². The highest BCUT2D eigenvalue weighted by Gasteiger charge is 2.39. The fraction of sp³-hybridized carbons (Fsp3) is 0.0541. The number of hydrogen-bond donors (Lipinski definition) is 0. The van der Waals surface area contributed by atoms with Gasteiger partial charge in [-0.3, -0.25) is 4.79 Å². The molecule has 6 aromatic rings. The van der Waals surface area contributed by atoms with E-state index in [0.717, 1.165) is 44.5 Å². The molecule has 0 heterocycles. The van der Waals surface area contributed by atoms with Gasteiger partial charge in [0.15, 0.2) is 5.78 Å². The van der Waals surface area contributed by atoms with Crippen LogP contribution in [0.4, 0.5) is 0 Å². The highest BCUT2D eigenvalue weighted by molar-refractivity contribution is 6.33. The van der Waals surface area contributed by atoms with Gasteiger partial charge in [0.1, 0.15) is 0 Å². The van der Waals surface area contributed by atoms with Crippen LogP contribution < -0.4 is 0 Å². The summed E-state index contributed by atoms with van der Waals surface area (Å²) >= 11 is 0. The van der Waals surface area contributed by atoms with E-state index in [2.05, 4.69) is 105 Å². The second kappa shape index (κ2) is 7.63. The number of fused-ring (bicyclic) bond motifs is 6. The van der Waals surface area contributed by atoms with Crippen LogP contribution in [0, 0.1) is 13.8 Å². The highest BCUT2D eigenvalue weighted by atomic mass is 16.1. The molecule has 0 aliphatic heterocycles. The van der Waals surface area contributed by atoms with Gasteiger partial charge in [0.25, 0.3) is 0 Å². The zero-order chi connectivity index (χ0) is 25.5. The lowest BCUT2D eigenvalue weighted by Gasteiger charge is -2.22. The van der Waals surface area contributed by atoms with Crippen molar-refractivity contribution in [3.63, 3.8) is 0 Å². The first kappa shape index (κ1) is 21.3. The molecule has 0 aromatic heterocycles. The number of rotatable bonds is 2. The van der Waals surface area contributed by atoms with Gasteiger partial charge in [-0.1, -0.05) is 120 Å². The fourth-order valence-corrected chi connectivity index (χ4v) is 6.59. The van der Waals surface area contributed by atoms with Crippen LogP contribution in [0.5, 0.6) is 0 Å². The minimum atomic E-state index is 0.116. The molecule has 0 saturated carbocycles. The number of aryl methyl sites for hydroxylation is 2. The van der Waals surface area contributed by atoms with Gasteiger partial charge in [0.05, 0.1) is 0 Å². The van der Waals surface area contributed by atoms with Crippen molar-refractivity contribution in [3.05, 3.63) is 131 Å². The van der Waals surface area contributed by atoms with Gasteiger partial charge in [-0.25, -0.2) is 0 Å². The summed E-state index contributed by atoms with van der Waals surface area (Å²) in [6.45, 7) is 4.23. The molecule has 1 heteroatoms. The van der Waals surface area contributed by atoms with Gasteiger partial charge in [-0.05, 0) is 69.1 Å². The first-order chi connectivity index (χ1) is 18.6. The molecular formula is C37H24O. The smallest absolute Gasteiger partial charge is 0.194 e. The Hall–Kier alpha value is -4.75. The SMILES string of the molecule is Cc1ccc(-c2c3c(c(-c4ccc(C)cc4)c4c2-c2cccc5cccc-4c25)-c2ccccc2C3=O)cc1. The molecule has 0 N–H and O–H groups in total. The fourth-order valence-electron chi connectivity index (χ4n) is 6.59. The van der Waals surface area contributed by atoms with Gasteiger partial charge >= 0.3 is 0 Å². The Kier molecular flexibility index (Phi) is 4.29. The molecule has 0 unspecified atom stereocenters. The molecule has 8 rings (SSSR count). The van der Waals surface area contributed by atoms with Gasteiger partial charge in [-0.2, -0.15) is 0 Å². The van der Waals surface area contributed by atoms with E-state index in [0.29, 0.717) is 0 Å². The predicted octanol–water partition coefficient (Wildman–Crippen LogP) is 9.65. The van der Waals surface area contributed by atoms with E-state index >= 15 is 0 Å². The van der Waals surface area contributed by atoms with Crippen LogP contribution in [-0.2, 0) is 0 Å². The molecule has 6 aromatic carbocycles. The largest absolute Gasteiger partial charge is 0.289 e. The number of carbonyl (C=O) groups is 1.